The average molecular weight is 326 g/mol. The van der Waals surface area contributed by atoms with E-state index in [1.165, 1.54) is 0 Å². The SMILES string of the molecule is NCC1CCN(S(=O)(=O)c2ccc(F)c(C(F)(F)F)c2)C1. The number of rotatable bonds is 3. The van der Waals surface area contributed by atoms with Crippen LogP contribution in [0.5, 0.6) is 0 Å². The van der Waals surface area contributed by atoms with E-state index in [4.69, 9.17) is 5.73 Å². The second-order valence-corrected chi connectivity index (χ2v) is 6.83. The first kappa shape index (κ1) is 16.2. The Kier molecular flexibility index (Phi) is 4.27. The van der Waals surface area contributed by atoms with Crippen molar-refractivity contribution in [2.45, 2.75) is 17.5 Å². The van der Waals surface area contributed by atoms with Gasteiger partial charge in [0, 0.05) is 13.1 Å². The topological polar surface area (TPSA) is 63.4 Å². The quantitative estimate of drug-likeness (QED) is 0.862. The molecule has 1 aliphatic heterocycles. The zero-order valence-corrected chi connectivity index (χ0v) is 11.7. The Labute approximate surface area is 119 Å². The van der Waals surface area contributed by atoms with Gasteiger partial charge in [-0.2, -0.15) is 17.5 Å². The lowest BCUT2D eigenvalue weighted by molar-refractivity contribution is -0.140. The van der Waals surface area contributed by atoms with Crippen molar-refractivity contribution in [3.05, 3.63) is 29.6 Å². The minimum absolute atomic E-state index is 0.0118. The van der Waals surface area contributed by atoms with Crippen molar-refractivity contribution in [1.29, 1.82) is 0 Å². The Morgan fingerprint density at radius 2 is 2.00 bits per heavy atom. The molecule has 1 atom stereocenters. The van der Waals surface area contributed by atoms with Crippen molar-refractivity contribution in [3.63, 3.8) is 0 Å². The van der Waals surface area contributed by atoms with Gasteiger partial charge in [-0.1, -0.05) is 0 Å². The van der Waals surface area contributed by atoms with Gasteiger partial charge in [0.05, 0.1) is 10.5 Å². The number of halogens is 4. The number of nitrogens with two attached hydrogens (primary N) is 1. The zero-order chi connectivity index (χ0) is 15.8. The van der Waals surface area contributed by atoms with Crippen LogP contribution < -0.4 is 5.73 Å². The summed E-state index contributed by atoms with van der Waals surface area (Å²) in [5.41, 5.74) is 3.87. The van der Waals surface area contributed by atoms with Crippen LogP contribution in [0.15, 0.2) is 23.1 Å². The van der Waals surface area contributed by atoms with Gasteiger partial charge >= 0.3 is 6.18 Å². The summed E-state index contributed by atoms with van der Waals surface area (Å²) < 4.78 is 76.8. The van der Waals surface area contributed by atoms with E-state index in [0.29, 0.717) is 25.1 Å². The van der Waals surface area contributed by atoms with E-state index in [-0.39, 0.29) is 19.0 Å². The molecule has 1 fully saturated rings. The van der Waals surface area contributed by atoms with E-state index >= 15 is 0 Å². The Balaban J connectivity index is 2.38. The molecule has 1 heterocycles. The standard InChI is InChI=1S/C12H14F4N2O2S/c13-11-2-1-9(5-10(11)12(14,15)16)21(19,20)18-4-3-8(6-17)7-18/h1-2,5,8H,3-4,6-7,17H2. The van der Waals surface area contributed by atoms with Crippen molar-refractivity contribution < 1.29 is 26.0 Å². The van der Waals surface area contributed by atoms with Crippen LogP contribution in [0.4, 0.5) is 17.6 Å². The molecule has 0 amide bonds. The molecule has 4 nitrogen and oxygen atoms in total. The van der Waals surface area contributed by atoms with Gasteiger partial charge in [0.25, 0.3) is 0 Å². The fourth-order valence-corrected chi connectivity index (χ4v) is 3.80. The van der Waals surface area contributed by atoms with Crippen LogP contribution in [0.1, 0.15) is 12.0 Å². The first-order valence-corrected chi connectivity index (χ1v) is 7.67. The van der Waals surface area contributed by atoms with Crippen LogP contribution in [0.3, 0.4) is 0 Å². The Morgan fingerprint density at radius 3 is 2.52 bits per heavy atom. The number of hydrogen-bond acceptors (Lipinski definition) is 3. The summed E-state index contributed by atoms with van der Waals surface area (Å²) in [6, 6.07) is 1.70. The Morgan fingerprint density at radius 1 is 1.33 bits per heavy atom. The zero-order valence-electron chi connectivity index (χ0n) is 10.9. The number of nitrogens with zero attached hydrogens (tertiary/aromatic N) is 1. The van der Waals surface area contributed by atoms with E-state index in [1.807, 2.05) is 0 Å². The summed E-state index contributed by atoms with van der Waals surface area (Å²) in [6.45, 7) is 0.670. The first-order chi connectivity index (χ1) is 9.66. The number of benzene rings is 1. The summed E-state index contributed by atoms with van der Waals surface area (Å²) in [7, 11) is -4.07. The molecule has 0 bridgehead atoms. The van der Waals surface area contributed by atoms with Crippen LogP contribution in [0.2, 0.25) is 0 Å². The number of sulfonamides is 1. The molecule has 0 aromatic heterocycles. The molecule has 118 valence electrons. The van der Waals surface area contributed by atoms with E-state index in [9.17, 15) is 26.0 Å². The summed E-state index contributed by atoms with van der Waals surface area (Å²) in [5.74, 6) is -1.51. The van der Waals surface area contributed by atoms with Gasteiger partial charge in [-0.3, -0.25) is 0 Å². The molecule has 1 aromatic rings. The van der Waals surface area contributed by atoms with E-state index < -0.39 is 32.5 Å². The highest BCUT2D eigenvalue weighted by Gasteiger charge is 2.37. The van der Waals surface area contributed by atoms with Gasteiger partial charge < -0.3 is 5.73 Å². The lowest BCUT2D eigenvalue weighted by Crippen LogP contribution is -2.30. The molecule has 2 rings (SSSR count). The van der Waals surface area contributed by atoms with Gasteiger partial charge in [0.15, 0.2) is 0 Å². The van der Waals surface area contributed by atoms with Crippen LogP contribution >= 0.6 is 0 Å². The van der Waals surface area contributed by atoms with E-state index in [0.717, 1.165) is 10.4 Å². The van der Waals surface area contributed by atoms with Gasteiger partial charge in [-0.15, -0.1) is 0 Å². The molecule has 0 spiro atoms. The lowest BCUT2D eigenvalue weighted by atomic mass is 10.1. The van der Waals surface area contributed by atoms with Crippen molar-refractivity contribution in [1.82, 2.24) is 4.31 Å². The molecular weight excluding hydrogens is 312 g/mol. The minimum atomic E-state index is -4.94. The van der Waals surface area contributed by atoms with E-state index in [2.05, 4.69) is 0 Å². The van der Waals surface area contributed by atoms with Crippen molar-refractivity contribution in [2.75, 3.05) is 19.6 Å². The first-order valence-electron chi connectivity index (χ1n) is 6.23. The molecule has 1 saturated heterocycles. The maximum Gasteiger partial charge on any atom is 0.419 e. The third kappa shape index (κ3) is 3.19. The van der Waals surface area contributed by atoms with Crippen molar-refractivity contribution >= 4 is 10.0 Å². The van der Waals surface area contributed by atoms with E-state index in [1.54, 1.807) is 0 Å². The predicted octanol–water partition coefficient (Wildman–Crippen LogP) is 1.81. The average Bonchev–Trinajstić information content (AvgIpc) is 2.87. The highest BCUT2D eigenvalue weighted by molar-refractivity contribution is 7.89. The van der Waals surface area contributed by atoms with Crippen molar-refractivity contribution in [2.24, 2.45) is 11.7 Å². The summed E-state index contributed by atoms with van der Waals surface area (Å²) in [4.78, 5) is -0.561. The van der Waals surface area contributed by atoms with Gasteiger partial charge in [0.1, 0.15) is 5.82 Å². The van der Waals surface area contributed by atoms with Crippen LogP contribution in [0.25, 0.3) is 0 Å². The molecule has 21 heavy (non-hydrogen) atoms. The molecule has 0 aliphatic carbocycles. The molecule has 1 aromatic carbocycles. The maximum atomic E-state index is 13.2. The molecule has 0 saturated carbocycles. The molecular formula is C12H14F4N2O2S. The molecule has 2 N–H and O–H groups in total. The minimum Gasteiger partial charge on any atom is -0.330 e. The third-order valence-electron chi connectivity index (χ3n) is 3.46. The second-order valence-electron chi connectivity index (χ2n) is 4.89. The van der Waals surface area contributed by atoms with Gasteiger partial charge in [-0.25, -0.2) is 12.8 Å². The predicted molar refractivity (Wildman–Crippen MR) is 67.3 cm³/mol. The summed E-state index contributed by atoms with van der Waals surface area (Å²) in [5, 5.41) is 0. The van der Waals surface area contributed by atoms with Gasteiger partial charge in [0.2, 0.25) is 10.0 Å². The van der Waals surface area contributed by atoms with Crippen molar-refractivity contribution in [3.8, 4) is 0 Å². The van der Waals surface area contributed by atoms with Crippen LogP contribution in [-0.2, 0) is 16.2 Å². The lowest BCUT2D eigenvalue weighted by Gasteiger charge is -2.17. The monoisotopic (exact) mass is 326 g/mol. The smallest absolute Gasteiger partial charge is 0.330 e. The molecule has 1 unspecified atom stereocenters. The highest BCUT2D eigenvalue weighted by Crippen LogP contribution is 2.34. The second kappa shape index (κ2) is 5.54. The normalized spacial score (nSPS) is 20.9. The fourth-order valence-electron chi connectivity index (χ4n) is 2.24. The molecule has 0 radical (unpaired) electrons. The Bertz CT molecular complexity index is 631. The van der Waals surface area contributed by atoms with Crippen LogP contribution in [0, 0.1) is 11.7 Å². The molecule has 9 heteroatoms. The van der Waals surface area contributed by atoms with Crippen LogP contribution in [-0.4, -0.2) is 32.4 Å². The maximum absolute atomic E-state index is 13.2. The van der Waals surface area contributed by atoms with Gasteiger partial charge in [-0.05, 0) is 37.1 Å². The highest BCUT2D eigenvalue weighted by atomic mass is 32.2. The summed E-state index contributed by atoms with van der Waals surface area (Å²) in [6.07, 6.45) is -4.39. The third-order valence-corrected chi connectivity index (χ3v) is 5.32. The Hall–Kier alpha value is -1.19. The fraction of sp³-hybridized carbons (Fsp3) is 0.500. The largest absolute Gasteiger partial charge is 0.419 e. The number of hydrogen-bond donors (Lipinski definition) is 1. The summed E-state index contributed by atoms with van der Waals surface area (Å²) >= 11 is 0. The number of alkyl halides is 3. The molecule has 1 aliphatic rings.